The molecule has 1 aliphatic rings. The Morgan fingerprint density at radius 1 is 1.00 bits per heavy atom. The van der Waals surface area contributed by atoms with Crippen LogP contribution in [-0.2, 0) is 6.54 Å². The SMILES string of the molecule is C=CCOc1cc(-c2ccccc2C)c2c(c1)[N+](c1c(C)cccc1C)=C(O)NC2. The number of nitrogens with zero attached hydrogens (tertiary/aromatic N) is 1. The molecule has 3 aromatic carbocycles. The van der Waals surface area contributed by atoms with Gasteiger partial charge in [-0.2, -0.15) is 4.58 Å². The largest absolute Gasteiger partial charge is 0.489 e. The lowest BCUT2D eigenvalue weighted by molar-refractivity contribution is 0.363. The Kier molecular flexibility index (Phi) is 5.32. The Morgan fingerprint density at radius 2 is 1.70 bits per heavy atom. The van der Waals surface area contributed by atoms with Crippen molar-refractivity contribution < 1.29 is 9.84 Å². The Labute approximate surface area is 177 Å². The predicted molar refractivity (Wildman–Crippen MR) is 124 cm³/mol. The van der Waals surface area contributed by atoms with Crippen LogP contribution in [0.5, 0.6) is 5.75 Å². The van der Waals surface area contributed by atoms with E-state index < -0.39 is 0 Å². The van der Waals surface area contributed by atoms with Crippen LogP contribution >= 0.6 is 0 Å². The van der Waals surface area contributed by atoms with Gasteiger partial charge in [-0.1, -0.05) is 55.1 Å². The van der Waals surface area contributed by atoms with Crippen molar-refractivity contribution in [1.82, 2.24) is 9.89 Å². The van der Waals surface area contributed by atoms with Crippen LogP contribution in [0.4, 0.5) is 11.4 Å². The van der Waals surface area contributed by atoms with Crippen LogP contribution in [-0.4, -0.2) is 17.7 Å². The summed E-state index contributed by atoms with van der Waals surface area (Å²) in [5.41, 5.74) is 8.64. The van der Waals surface area contributed by atoms with E-state index in [0.717, 1.165) is 44.9 Å². The minimum Gasteiger partial charge on any atom is -0.489 e. The first-order valence-electron chi connectivity index (χ1n) is 10.1. The zero-order chi connectivity index (χ0) is 21.3. The van der Waals surface area contributed by atoms with E-state index in [1.54, 1.807) is 6.08 Å². The molecule has 0 saturated heterocycles. The molecule has 0 saturated carbocycles. The number of hydrogen-bond donors (Lipinski definition) is 2. The van der Waals surface area contributed by atoms with Gasteiger partial charge in [-0.05, 0) is 54.7 Å². The molecular weight excluding hydrogens is 372 g/mol. The number of benzene rings is 3. The molecule has 1 heterocycles. The van der Waals surface area contributed by atoms with Gasteiger partial charge in [0.1, 0.15) is 30.3 Å². The maximum absolute atomic E-state index is 10.9. The summed E-state index contributed by atoms with van der Waals surface area (Å²) in [6.45, 7) is 11.0. The molecule has 30 heavy (non-hydrogen) atoms. The first kappa shape index (κ1) is 19.8. The second-order valence-corrected chi connectivity index (χ2v) is 7.64. The molecule has 4 rings (SSSR count). The smallest absolute Gasteiger partial charge is 0.452 e. The van der Waals surface area contributed by atoms with Gasteiger partial charge in [0.05, 0.1) is 0 Å². The zero-order valence-corrected chi connectivity index (χ0v) is 17.7. The summed E-state index contributed by atoms with van der Waals surface area (Å²) in [5.74, 6) is 0.748. The molecule has 0 bridgehead atoms. The third kappa shape index (κ3) is 3.45. The number of fused-ring (bicyclic) bond motifs is 1. The average molecular weight is 400 g/mol. The van der Waals surface area contributed by atoms with Crippen molar-refractivity contribution in [2.45, 2.75) is 27.3 Å². The standard InChI is InChI=1S/C26H26N2O2/c1-5-13-30-20-14-22(21-12-7-6-9-17(21)2)23-16-27-26(29)28(24(23)15-20)25-18(3)10-8-11-19(25)4/h5-12,14-15H,1,13,16H2,2-4H3,(H,27,29)/p+1. The summed E-state index contributed by atoms with van der Waals surface area (Å²) in [7, 11) is 0. The Hall–Kier alpha value is -3.53. The highest BCUT2D eigenvalue weighted by atomic mass is 16.5. The van der Waals surface area contributed by atoms with E-state index in [1.165, 1.54) is 5.56 Å². The summed E-state index contributed by atoms with van der Waals surface area (Å²) in [6, 6.07) is 18.7. The highest BCUT2D eigenvalue weighted by Crippen LogP contribution is 2.40. The summed E-state index contributed by atoms with van der Waals surface area (Å²) in [5, 5.41) is 14.1. The van der Waals surface area contributed by atoms with Crippen molar-refractivity contribution in [2.24, 2.45) is 0 Å². The van der Waals surface area contributed by atoms with Gasteiger partial charge in [0.25, 0.3) is 0 Å². The molecule has 0 amide bonds. The van der Waals surface area contributed by atoms with Gasteiger partial charge in [0, 0.05) is 11.6 Å². The molecule has 0 fully saturated rings. The second kappa shape index (κ2) is 8.07. The molecule has 152 valence electrons. The van der Waals surface area contributed by atoms with Crippen LogP contribution in [0.3, 0.4) is 0 Å². The second-order valence-electron chi connectivity index (χ2n) is 7.64. The third-order valence-electron chi connectivity index (χ3n) is 5.54. The Bertz CT molecular complexity index is 1140. The number of aliphatic hydroxyl groups excluding tert-OH is 1. The van der Waals surface area contributed by atoms with Crippen molar-refractivity contribution in [2.75, 3.05) is 6.61 Å². The molecule has 0 unspecified atom stereocenters. The number of hydrogen-bond acceptors (Lipinski definition) is 2. The van der Waals surface area contributed by atoms with E-state index in [1.807, 2.05) is 22.8 Å². The first-order chi connectivity index (χ1) is 14.5. The molecule has 0 spiro atoms. The molecule has 0 aromatic heterocycles. The van der Waals surface area contributed by atoms with Crippen molar-refractivity contribution in [3.63, 3.8) is 0 Å². The highest BCUT2D eigenvalue weighted by Gasteiger charge is 2.31. The number of rotatable bonds is 5. The molecule has 0 atom stereocenters. The van der Waals surface area contributed by atoms with E-state index in [0.29, 0.717) is 13.2 Å². The van der Waals surface area contributed by atoms with Crippen molar-refractivity contribution in [3.05, 3.63) is 89.5 Å². The lowest BCUT2D eigenvalue weighted by Crippen LogP contribution is -2.37. The lowest BCUT2D eigenvalue weighted by atomic mass is 9.93. The fourth-order valence-corrected chi connectivity index (χ4v) is 4.12. The summed E-state index contributed by atoms with van der Waals surface area (Å²) in [6.07, 6.45) is 1.74. The lowest BCUT2D eigenvalue weighted by Gasteiger charge is -2.23. The summed E-state index contributed by atoms with van der Waals surface area (Å²) in [4.78, 5) is 0. The molecule has 2 N–H and O–H groups in total. The minimum atomic E-state index is 0.122. The van der Waals surface area contributed by atoms with Gasteiger partial charge in [0.2, 0.25) is 0 Å². The monoisotopic (exact) mass is 399 g/mol. The van der Waals surface area contributed by atoms with E-state index >= 15 is 0 Å². The van der Waals surface area contributed by atoms with Crippen molar-refractivity contribution >= 4 is 17.4 Å². The Balaban J connectivity index is 2.01. The van der Waals surface area contributed by atoms with E-state index in [2.05, 4.69) is 69.1 Å². The first-order valence-corrected chi connectivity index (χ1v) is 10.1. The van der Waals surface area contributed by atoms with E-state index in [4.69, 9.17) is 4.74 Å². The van der Waals surface area contributed by atoms with Gasteiger partial charge in [0.15, 0.2) is 0 Å². The van der Waals surface area contributed by atoms with E-state index in [9.17, 15) is 5.11 Å². The van der Waals surface area contributed by atoms with Crippen molar-refractivity contribution in [3.8, 4) is 16.9 Å². The zero-order valence-electron chi connectivity index (χ0n) is 17.7. The van der Waals surface area contributed by atoms with Crippen LogP contribution in [0.1, 0.15) is 22.3 Å². The molecule has 1 aliphatic heterocycles. The maximum Gasteiger partial charge on any atom is 0.452 e. The number of aliphatic hydroxyl groups is 1. The van der Waals surface area contributed by atoms with Crippen LogP contribution in [0.15, 0.2) is 67.3 Å². The molecular formula is C26H27N2O2+. The number of amidine groups is 1. The minimum absolute atomic E-state index is 0.122. The summed E-state index contributed by atoms with van der Waals surface area (Å²) < 4.78 is 7.84. The molecule has 4 nitrogen and oxygen atoms in total. The molecule has 4 heteroatoms. The van der Waals surface area contributed by atoms with E-state index in [-0.39, 0.29) is 6.02 Å². The normalized spacial score (nSPS) is 12.9. The fraction of sp³-hybridized carbons (Fsp3) is 0.192. The quantitative estimate of drug-likeness (QED) is 0.428. The molecule has 0 aliphatic carbocycles. The number of para-hydroxylation sites is 1. The third-order valence-corrected chi connectivity index (χ3v) is 5.54. The van der Waals surface area contributed by atoms with Gasteiger partial charge < -0.3 is 9.84 Å². The fourth-order valence-electron chi connectivity index (χ4n) is 4.12. The highest BCUT2D eigenvalue weighted by molar-refractivity contribution is 5.88. The van der Waals surface area contributed by atoms with Crippen LogP contribution < -0.4 is 14.6 Å². The van der Waals surface area contributed by atoms with Gasteiger partial charge in [-0.25, -0.2) is 5.32 Å². The van der Waals surface area contributed by atoms with Crippen LogP contribution in [0.25, 0.3) is 11.1 Å². The number of aryl methyl sites for hydroxylation is 3. The number of nitrogens with one attached hydrogen (secondary N) is 1. The van der Waals surface area contributed by atoms with Crippen molar-refractivity contribution in [1.29, 1.82) is 0 Å². The van der Waals surface area contributed by atoms with Crippen LogP contribution in [0, 0.1) is 20.8 Å². The number of ether oxygens (including phenoxy) is 1. The Morgan fingerprint density at radius 3 is 2.40 bits per heavy atom. The topological polar surface area (TPSA) is 44.5 Å². The van der Waals surface area contributed by atoms with Gasteiger partial charge in [-0.15, -0.1) is 0 Å². The van der Waals surface area contributed by atoms with Crippen LogP contribution in [0.2, 0.25) is 0 Å². The van der Waals surface area contributed by atoms with Gasteiger partial charge in [-0.3, -0.25) is 0 Å². The van der Waals surface area contributed by atoms with Gasteiger partial charge >= 0.3 is 6.02 Å². The average Bonchev–Trinajstić information content (AvgIpc) is 2.73. The molecule has 0 radical (unpaired) electrons. The maximum atomic E-state index is 10.9. The molecule has 3 aromatic rings. The summed E-state index contributed by atoms with van der Waals surface area (Å²) >= 11 is 0. The predicted octanol–water partition coefficient (Wildman–Crippen LogP) is 5.70.